The highest BCUT2D eigenvalue weighted by Gasteiger charge is 2.03. The van der Waals surface area contributed by atoms with Gasteiger partial charge in [0, 0.05) is 4.90 Å². The molecule has 1 aromatic rings. The van der Waals surface area contributed by atoms with Crippen molar-refractivity contribution < 1.29 is 0 Å². The predicted molar refractivity (Wildman–Crippen MR) is 56.6 cm³/mol. The Morgan fingerprint density at radius 3 is 2.46 bits per heavy atom. The van der Waals surface area contributed by atoms with Crippen LogP contribution < -0.4 is 0 Å². The summed E-state index contributed by atoms with van der Waals surface area (Å²) in [4.78, 5) is 1.15. The summed E-state index contributed by atoms with van der Waals surface area (Å²) in [5.74, 6) is 1.24. The number of benzene rings is 1. The predicted octanol–water partition coefficient (Wildman–Crippen LogP) is 3.24. The zero-order chi connectivity index (χ0) is 9.84. The maximum Gasteiger partial charge on any atom is 0.0992 e. The van der Waals surface area contributed by atoms with E-state index >= 15 is 0 Å². The molecule has 2 heteroatoms. The number of nitriles is 1. The highest BCUT2D eigenvalue weighted by atomic mass is 32.2. The van der Waals surface area contributed by atoms with Gasteiger partial charge in [-0.2, -0.15) is 5.26 Å². The molecule has 0 N–H and O–H groups in total. The van der Waals surface area contributed by atoms with E-state index in [1.54, 1.807) is 11.8 Å². The SMILES string of the molecule is CSc1cc(C#N)cc([C](C)C)c1. The fourth-order valence-electron chi connectivity index (χ4n) is 1.07. The van der Waals surface area contributed by atoms with E-state index in [9.17, 15) is 0 Å². The minimum atomic E-state index is 0.739. The van der Waals surface area contributed by atoms with Crippen LogP contribution in [0.5, 0.6) is 0 Å². The number of nitrogens with zero attached hydrogens (tertiary/aromatic N) is 1. The average molecular weight is 190 g/mol. The smallest absolute Gasteiger partial charge is 0.0992 e. The molecule has 0 unspecified atom stereocenters. The van der Waals surface area contributed by atoms with E-state index in [1.165, 1.54) is 5.92 Å². The first kappa shape index (κ1) is 10.1. The quantitative estimate of drug-likeness (QED) is 0.668. The Morgan fingerprint density at radius 2 is 2.00 bits per heavy atom. The minimum absolute atomic E-state index is 0.739. The van der Waals surface area contributed by atoms with Gasteiger partial charge in [-0.25, -0.2) is 0 Å². The van der Waals surface area contributed by atoms with E-state index in [1.807, 2.05) is 18.4 Å². The molecular formula is C11H12NS. The van der Waals surface area contributed by atoms with Gasteiger partial charge in [0.25, 0.3) is 0 Å². The fraction of sp³-hybridized carbons (Fsp3) is 0.273. The zero-order valence-electron chi connectivity index (χ0n) is 8.09. The first-order chi connectivity index (χ1) is 6.17. The third-order valence-electron chi connectivity index (χ3n) is 1.85. The van der Waals surface area contributed by atoms with Crippen LogP contribution in [-0.4, -0.2) is 6.26 Å². The van der Waals surface area contributed by atoms with Gasteiger partial charge < -0.3 is 0 Å². The summed E-state index contributed by atoms with van der Waals surface area (Å²) in [5, 5.41) is 8.80. The van der Waals surface area contributed by atoms with E-state index in [0.29, 0.717) is 0 Å². The molecular weight excluding hydrogens is 178 g/mol. The van der Waals surface area contributed by atoms with Crippen LogP contribution in [0.25, 0.3) is 0 Å². The Hall–Kier alpha value is -0.940. The molecule has 0 atom stereocenters. The summed E-state index contributed by atoms with van der Waals surface area (Å²) in [6, 6.07) is 8.12. The maximum absolute atomic E-state index is 8.80. The van der Waals surface area contributed by atoms with Crippen molar-refractivity contribution in [1.29, 1.82) is 5.26 Å². The number of thioether (sulfide) groups is 1. The maximum atomic E-state index is 8.80. The molecule has 0 saturated carbocycles. The molecule has 1 aromatic carbocycles. The van der Waals surface area contributed by atoms with Crippen LogP contribution in [0.2, 0.25) is 0 Å². The second-order valence-electron chi connectivity index (χ2n) is 3.06. The summed E-state index contributed by atoms with van der Waals surface area (Å²) < 4.78 is 0. The summed E-state index contributed by atoms with van der Waals surface area (Å²) in [5.41, 5.74) is 1.89. The van der Waals surface area contributed by atoms with Crippen LogP contribution in [0.15, 0.2) is 23.1 Å². The van der Waals surface area contributed by atoms with Gasteiger partial charge in [-0.1, -0.05) is 13.8 Å². The Balaban J connectivity index is 3.17. The van der Waals surface area contributed by atoms with Crippen molar-refractivity contribution in [2.75, 3.05) is 6.26 Å². The number of hydrogen-bond donors (Lipinski definition) is 0. The Kier molecular flexibility index (Phi) is 3.39. The van der Waals surface area contributed by atoms with Gasteiger partial charge in [-0.3, -0.25) is 0 Å². The number of hydrogen-bond acceptors (Lipinski definition) is 2. The molecule has 0 saturated heterocycles. The molecule has 0 aliphatic heterocycles. The van der Waals surface area contributed by atoms with E-state index in [-0.39, 0.29) is 0 Å². The van der Waals surface area contributed by atoms with Gasteiger partial charge in [0.05, 0.1) is 11.6 Å². The molecule has 1 radical (unpaired) electrons. The van der Waals surface area contributed by atoms with E-state index in [0.717, 1.165) is 16.0 Å². The van der Waals surface area contributed by atoms with Gasteiger partial charge in [0.2, 0.25) is 0 Å². The molecule has 0 aliphatic rings. The molecule has 0 fully saturated rings. The second-order valence-corrected chi connectivity index (χ2v) is 3.94. The van der Waals surface area contributed by atoms with E-state index in [2.05, 4.69) is 26.0 Å². The molecule has 1 rings (SSSR count). The Bertz CT molecular complexity index is 336. The van der Waals surface area contributed by atoms with Crippen molar-refractivity contribution >= 4 is 11.8 Å². The van der Waals surface area contributed by atoms with Crippen LogP contribution in [0.3, 0.4) is 0 Å². The third-order valence-corrected chi connectivity index (χ3v) is 2.56. The van der Waals surface area contributed by atoms with Crippen LogP contribution in [-0.2, 0) is 0 Å². The topological polar surface area (TPSA) is 23.8 Å². The summed E-state index contributed by atoms with van der Waals surface area (Å²) in [6.45, 7) is 4.11. The highest BCUT2D eigenvalue weighted by Crippen LogP contribution is 2.22. The van der Waals surface area contributed by atoms with E-state index < -0.39 is 0 Å². The molecule has 0 amide bonds. The molecule has 0 bridgehead atoms. The summed E-state index contributed by atoms with van der Waals surface area (Å²) in [7, 11) is 0. The van der Waals surface area contributed by atoms with Crippen molar-refractivity contribution in [3.63, 3.8) is 0 Å². The normalized spacial score (nSPS) is 10.1. The standard InChI is InChI=1S/C11H12NS/c1-8(2)10-4-9(7-12)5-11(6-10)13-3/h4-6H,1-3H3. The monoisotopic (exact) mass is 190 g/mol. The van der Waals surface area contributed by atoms with Crippen molar-refractivity contribution in [2.45, 2.75) is 18.7 Å². The highest BCUT2D eigenvalue weighted by molar-refractivity contribution is 7.98. The summed E-state index contributed by atoms with van der Waals surface area (Å²) >= 11 is 1.67. The Morgan fingerprint density at radius 1 is 1.31 bits per heavy atom. The Labute approximate surface area is 83.8 Å². The van der Waals surface area contributed by atoms with Gasteiger partial charge in [0.1, 0.15) is 0 Å². The molecule has 1 nitrogen and oxygen atoms in total. The molecule has 67 valence electrons. The molecule has 0 aromatic heterocycles. The molecule has 0 aliphatic carbocycles. The molecule has 0 spiro atoms. The van der Waals surface area contributed by atoms with Gasteiger partial charge >= 0.3 is 0 Å². The number of rotatable bonds is 2. The first-order valence-electron chi connectivity index (χ1n) is 4.07. The van der Waals surface area contributed by atoms with Crippen molar-refractivity contribution in [2.24, 2.45) is 0 Å². The average Bonchev–Trinajstić information content (AvgIpc) is 2.16. The van der Waals surface area contributed by atoms with Gasteiger partial charge in [-0.15, -0.1) is 11.8 Å². The van der Waals surface area contributed by atoms with Gasteiger partial charge in [-0.05, 0) is 35.9 Å². The lowest BCUT2D eigenvalue weighted by Gasteiger charge is -2.06. The first-order valence-corrected chi connectivity index (χ1v) is 5.29. The third kappa shape index (κ3) is 2.50. The summed E-state index contributed by atoms with van der Waals surface area (Å²) in [6.07, 6.45) is 2.02. The lowest BCUT2D eigenvalue weighted by Crippen LogP contribution is -1.90. The van der Waals surface area contributed by atoms with Crippen molar-refractivity contribution in [3.8, 4) is 6.07 Å². The fourth-order valence-corrected chi connectivity index (χ4v) is 1.56. The van der Waals surface area contributed by atoms with Crippen LogP contribution in [0, 0.1) is 17.2 Å². The second kappa shape index (κ2) is 4.34. The zero-order valence-corrected chi connectivity index (χ0v) is 8.90. The van der Waals surface area contributed by atoms with Crippen molar-refractivity contribution in [1.82, 2.24) is 0 Å². The minimum Gasteiger partial charge on any atom is -0.192 e. The van der Waals surface area contributed by atoms with E-state index in [4.69, 9.17) is 5.26 Å². The molecule has 13 heavy (non-hydrogen) atoms. The van der Waals surface area contributed by atoms with Crippen molar-refractivity contribution in [3.05, 3.63) is 35.2 Å². The van der Waals surface area contributed by atoms with Crippen LogP contribution in [0.1, 0.15) is 25.0 Å². The molecule has 0 heterocycles. The lowest BCUT2D eigenvalue weighted by molar-refractivity contribution is 1.13. The largest absolute Gasteiger partial charge is 0.192 e. The lowest BCUT2D eigenvalue weighted by atomic mass is 10.0. The van der Waals surface area contributed by atoms with Crippen LogP contribution >= 0.6 is 11.8 Å². The van der Waals surface area contributed by atoms with Crippen LogP contribution in [0.4, 0.5) is 0 Å². The van der Waals surface area contributed by atoms with Gasteiger partial charge in [0.15, 0.2) is 0 Å².